The summed E-state index contributed by atoms with van der Waals surface area (Å²) in [6.45, 7) is 3.47. The lowest BCUT2D eigenvalue weighted by Crippen LogP contribution is -2.27. The van der Waals surface area contributed by atoms with Crippen LogP contribution in [0.5, 0.6) is 5.75 Å². The Morgan fingerprint density at radius 1 is 1.24 bits per heavy atom. The first-order valence-corrected chi connectivity index (χ1v) is 5.19. The van der Waals surface area contributed by atoms with Crippen molar-refractivity contribution in [3.63, 3.8) is 0 Å². The van der Waals surface area contributed by atoms with Gasteiger partial charge in [0.2, 0.25) is 0 Å². The summed E-state index contributed by atoms with van der Waals surface area (Å²) < 4.78 is 0. The van der Waals surface area contributed by atoms with Crippen molar-refractivity contribution >= 4 is 40.8 Å². The second kappa shape index (κ2) is 3.94. The predicted octanol–water partition coefficient (Wildman–Crippen LogP) is 2.27. The largest absolute Gasteiger partial charge is 0.505 e. The Balaban J connectivity index is 2.52. The second-order valence-corrected chi connectivity index (χ2v) is 4.11. The molecule has 0 radical (unpaired) electrons. The first-order chi connectivity index (χ1) is 7.91. The number of nitrogens with one attached hydrogen (secondary N) is 1. The molecular formula is C10H6Cl2N2O3. The molecule has 1 aromatic carbocycles. The highest BCUT2D eigenvalue weighted by Crippen LogP contribution is 2.37. The standard InChI is InChI=1S/C10H6Cl2N2O3/c1-4-9(16)13-10(17)14(4)5-2-6(11)8(15)7(12)3-5/h2-3,15H,1H2,(H,13,16,17). The van der Waals surface area contributed by atoms with E-state index in [4.69, 9.17) is 23.2 Å². The first-order valence-electron chi connectivity index (χ1n) is 4.44. The Morgan fingerprint density at radius 3 is 2.18 bits per heavy atom. The number of amides is 3. The van der Waals surface area contributed by atoms with Gasteiger partial charge in [-0.3, -0.25) is 15.0 Å². The van der Waals surface area contributed by atoms with E-state index in [1.807, 2.05) is 0 Å². The molecule has 1 aliphatic rings. The number of urea groups is 1. The number of carbonyl (C=O) groups is 2. The fourth-order valence-electron chi connectivity index (χ4n) is 1.40. The number of hydrogen-bond donors (Lipinski definition) is 2. The molecule has 2 N–H and O–H groups in total. The third-order valence-electron chi connectivity index (χ3n) is 2.22. The summed E-state index contributed by atoms with van der Waals surface area (Å²) in [5.74, 6) is -0.871. The number of hydrogen-bond acceptors (Lipinski definition) is 3. The number of nitrogens with zero attached hydrogens (tertiary/aromatic N) is 1. The number of benzene rings is 1. The van der Waals surface area contributed by atoms with E-state index < -0.39 is 11.9 Å². The Bertz CT molecular complexity index is 533. The number of anilines is 1. The molecule has 1 heterocycles. The van der Waals surface area contributed by atoms with E-state index in [9.17, 15) is 14.7 Å². The minimum atomic E-state index is -0.641. The van der Waals surface area contributed by atoms with Crippen LogP contribution in [-0.2, 0) is 4.79 Å². The van der Waals surface area contributed by atoms with Crippen molar-refractivity contribution in [2.75, 3.05) is 4.90 Å². The van der Waals surface area contributed by atoms with Crippen molar-refractivity contribution in [2.45, 2.75) is 0 Å². The molecule has 0 aliphatic carbocycles. The van der Waals surface area contributed by atoms with E-state index in [-0.39, 0.29) is 27.2 Å². The topological polar surface area (TPSA) is 69.6 Å². The Hall–Kier alpha value is -1.72. The molecule has 1 saturated heterocycles. The molecule has 5 nitrogen and oxygen atoms in total. The maximum Gasteiger partial charge on any atom is 0.333 e. The van der Waals surface area contributed by atoms with Crippen LogP contribution in [0.25, 0.3) is 0 Å². The third-order valence-corrected chi connectivity index (χ3v) is 2.79. The van der Waals surface area contributed by atoms with Gasteiger partial charge in [-0.2, -0.15) is 0 Å². The molecule has 2 rings (SSSR count). The van der Waals surface area contributed by atoms with Crippen molar-refractivity contribution in [1.29, 1.82) is 0 Å². The summed E-state index contributed by atoms with van der Waals surface area (Å²) in [5, 5.41) is 11.4. The van der Waals surface area contributed by atoms with Crippen LogP contribution < -0.4 is 10.2 Å². The number of rotatable bonds is 1. The number of carbonyl (C=O) groups excluding carboxylic acids is 2. The minimum Gasteiger partial charge on any atom is -0.505 e. The van der Waals surface area contributed by atoms with Crippen molar-refractivity contribution in [1.82, 2.24) is 5.32 Å². The van der Waals surface area contributed by atoms with E-state index in [0.29, 0.717) is 0 Å². The van der Waals surface area contributed by atoms with Gasteiger partial charge < -0.3 is 5.11 Å². The highest BCUT2D eigenvalue weighted by Gasteiger charge is 2.33. The molecule has 3 amide bonds. The molecule has 1 aliphatic heterocycles. The summed E-state index contributed by atoms with van der Waals surface area (Å²) >= 11 is 11.4. The van der Waals surface area contributed by atoms with Gasteiger partial charge >= 0.3 is 6.03 Å². The van der Waals surface area contributed by atoms with Gasteiger partial charge in [-0.1, -0.05) is 29.8 Å². The zero-order valence-corrected chi connectivity index (χ0v) is 9.84. The Labute approximate surface area is 106 Å². The predicted molar refractivity (Wildman–Crippen MR) is 63.3 cm³/mol. The van der Waals surface area contributed by atoms with Gasteiger partial charge in [-0.15, -0.1) is 0 Å². The number of imide groups is 1. The van der Waals surface area contributed by atoms with Crippen LogP contribution in [0.2, 0.25) is 10.0 Å². The highest BCUT2D eigenvalue weighted by molar-refractivity contribution is 6.37. The Morgan fingerprint density at radius 2 is 1.76 bits per heavy atom. The lowest BCUT2D eigenvalue weighted by atomic mass is 10.2. The van der Waals surface area contributed by atoms with Gasteiger partial charge in [0, 0.05) is 0 Å². The van der Waals surface area contributed by atoms with E-state index in [1.165, 1.54) is 12.1 Å². The fourth-order valence-corrected chi connectivity index (χ4v) is 1.88. The molecule has 1 fully saturated rings. The van der Waals surface area contributed by atoms with Gasteiger partial charge in [0.05, 0.1) is 15.7 Å². The van der Waals surface area contributed by atoms with E-state index >= 15 is 0 Å². The molecule has 0 bridgehead atoms. The molecular weight excluding hydrogens is 267 g/mol. The lowest BCUT2D eigenvalue weighted by Gasteiger charge is -2.15. The maximum atomic E-state index is 11.5. The third kappa shape index (κ3) is 1.83. The zero-order valence-electron chi connectivity index (χ0n) is 8.33. The molecule has 17 heavy (non-hydrogen) atoms. The van der Waals surface area contributed by atoms with E-state index in [0.717, 1.165) is 4.90 Å². The summed E-state index contributed by atoms with van der Waals surface area (Å²) in [6.07, 6.45) is 0. The van der Waals surface area contributed by atoms with Gasteiger partial charge in [-0.25, -0.2) is 4.79 Å². The van der Waals surface area contributed by atoms with Crippen LogP contribution in [0.3, 0.4) is 0 Å². The maximum absolute atomic E-state index is 11.5. The molecule has 1 aromatic rings. The van der Waals surface area contributed by atoms with Crippen LogP contribution in [0.4, 0.5) is 10.5 Å². The fraction of sp³-hybridized carbons (Fsp3) is 0. The van der Waals surface area contributed by atoms with Crippen LogP contribution >= 0.6 is 23.2 Å². The van der Waals surface area contributed by atoms with E-state index in [2.05, 4.69) is 11.9 Å². The number of phenols is 1. The molecule has 88 valence electrons. The van der Waals surface area contributed by atoms with Gasteiger partial charge in [-0.05, 0) is 12.1 Å². The zero-order chi connectivity index (χ0) is 12.7. The van der Waals surface area contributed by atoms with Crippen molar-refractivity contribution < 1.29 is 14.7 Å². The lowest BCUT2D eigenvalue weighted by molar-refractivity contribution is -0.115. The molecule has 0 saturated carbocycles. The average Bonchev–Trinajstić information content (AvgIpc) is 2.49. The van der Waals surface area contributed by atoms with Crippen LogP contribution in [0.1, 0.15) is 0 Å². The molecule has 0 spiro atoms. The van der Waals surface area contributed by atoms with Crippen LogP contribution in [-0.4, -0.2) is 17.0 Å². The van der Waals surface area contributed by atoms with Crippen molar-refractivity contribution in [3.05, 3.63) is 34.5 Å². The van der Waals surface area contributed by atoms with Gasteiger partial charge in [0.15, 0.2) is 5.75 Å². The monoisotopic (exact) mass is 272 g/mol. The molecule has 0 unspecified atom stereocenters. The van der Waals surface area contributed by atoms with Crippen LogP contribution in [0, 0.1) is 0 Å². The van der Waals surface area contributed by atoms with Crippen LogP contribution in [0.15, 0.2) is 24.4 Å². The van der Waals surface area contributed by atoms with Crippen molar-refractivity contribution in [3.8, 4) is 5.75 Å². The summed E-state index contributed by atoms with van der Waals surface area (Å²) in [4.78, 5) is 23.7. The second-order valence-electron chi connectivity index (χ2n) is 3.30. The molecule has 0 atom stereocenters. The minimum absolute atomic E-state index is 0.0209. The average molecular weight is 273 g/mol. The van der Waals surface area contributed by atoms with Crippen molar-refractivity contribution in [2.24, 2.45) is 0 Å². The normalized spacial score (nSPS) is 15.4. The molecule has 7 heteroatoms. The summed E-state index contributed by atoms with van der Waals surface area (Å²) in [7, 11) is 0. The quantitative estimate of drug-likeness (QED) is 0.609. The molecule has 0 aromatic heterocycles. The number of aromatic hydroxyl groups is 1. The smallest absolute Gasteiger partial charge is 0.333 e. The number of phenolic OH excluding ortho intramolecular Hbond substituents is 1. The summed E-state index contributed by atoms with van der Waals surface area (Å²) in [5.41, 5.74) is 0.221. The SMILES string of the molecule is C=C1C(=O)NC(=O)N1c1cc(Cl)c(O)c(Cl)c1. The summed E-state index contributed by atoms with van der Waals surface area (Å²) in [6, 6.07) is 1.98. The first kappa shape index (κ1) is 11.8. The number of halogens is 2. The highest BCUT2D eigenvalue weighted by atomic mass is 35.5. The Kier molecular flexibility index (Phi) is 2.73. The van der Waals surface area contributed by atoms with E-state index in [1.54, 1.807) is 0 Å². The van der Waals surface area contributed by atoms with Gasteiger partial charge in [0.1, 0.15) is 5.70 Å². The van der Waals surface area contributed by atoms with Gasteiger partial charge in [0.25, 0.3) is 5.91 Å².